The fourth-order valence-corrected chi connectivity index (χ4v) is 2.00. The average Bonchev–Trinajstić information content (AvgIpc) is 2.86. The van der Waals surface area contributed by atoms with E-state index < -0.39 is 12.2 Å². The Bertz CT molecular complexity index is 657. The molecule has 0 radical (unpaired) electrons. The molecule has 0 fully saturated rings. The van der Waals surface area contributed by atoms with E-state index in [4.69, 9.17) is 0 Å². The zero-order valence-electron chi connectivity index (χ0n) is 12.6. The largest absolute Gasteiger partial charge is 0.352 e. The van der Waals surface area contributed by atoms with Gasteiger partial charge in [0.05, 0.1) is 6.54 Å². The molecule has 9 heteroatoms. The SMILES string of the molecule is CCN(CC(=O)NC(C)C)c1ccc2nnc(C(F)F)n2n1. The maximum atomic E-state index is 12.9. The summed E-state index contributed by atoms with van der Waals surface area (Å²) in [5, 5.41) is 14.0. The number of nitrogens with zero attached hydrogens (tertiary/aromatic N) is 5. The molecule has 0 saturated heterocycles. The molecule has 0 atom stereocenters. The Morgan fingerprint density at radius 1 is 1.36 bits per heavy atom. The third kappa shape index (κ3) is 3.46. The Morgan fingerprint density at radius 2 is 2.09 bits per heavy atom. The van der Waals surface area contributed by atoms with Crippen molar-refractivity contribution >= 4 is 17.4 Å². The Kier molecular flexibility index (Phi) is 4.84. The van der Waals surface area contributed by atoms with Crippen LogP contribution in [-0.2, 0) is 4.79 Å². The number of fused-ring (bicyclic) bond motifs is 1. The second kappa shape index (κ2) is 6.63. The Balaban J connectivity index is 2.27. The van der Waals surface area contributed by atoms with Crippen molar-refractivity contribution in [3.05, 3.63) is 18.0 Å². The van der Waals surface area contributed by atoms with Crippen molar-refractivity contribution in [3.8, 4) is 0 Å². The summed E-state index contributed by atoms with van der Waals surface area (Å²) in [6, 6.07) is 3.21. The van der Waals surface area contributed by atoms with Crippen LogP contribution in [0.1, 0.15) is 33.0 Å². The summed E-state index contributed by atoms with van der Waals surface area (Å²) in [5.41, 5.74) is 0.238. The maximum Gasteiger partial charge on any atom is 0.299 e. The van der Waals surface area contributed by atoms with Gasteiger partial charge in [0.1, 0.15) is 5.82 Å². The number of amides is 1. The first-order chi connectivity index (χ1) is 10.4. The van der Waals surface area contributed by atoms with Gasteiger partial charge >= 0.3 is 0 Å². The van der Waals surface area contributed by atoms with Crippen molar-refractivity contribution in [2.75, 3.05) is 18.0 Å². The van der Waals surface area contributed by atoms with E-state index in [9.17, 15) is 13.6 Å². The highest BCUT2D eigenvalue weighted by Gasteiger charge is 2.19. The van der Waals surface area contributed by atoms with Crippen LogP contribution in [0.4, 0.5) is 14.6 Å². The van der Waals surface area contributed by atoms with E-state index in [0.717, 1.165) is 4.52 Å². The van der Waals surface area contributed by atoms with Crippen LogP contribution in [0.5, 0.6) is 0 Å². The first kappa shape index (κ1) is 16.1. The molecule has 0 aromatic carbocycles. The van der Waals surface area contributed by atoms with Gasteiger partial charge in [0, 0.05) is 12.6 Å². The summed E-state index contributed by atoms with van der Waals surface area (Å²) in [6.45, 7) is 6.19. The fourth-order valence-electron chi connectivity index (χ4n) is 2.00. The van der Waals surface area contributed by atoms with Crippen LogP contribution in [0, 0.1) is 0 Å². The number of aromatic nitrogens is 4. The van der Waals surface area contributed by atoms with Crippen LogP contribution >= 0.6 is 0 Å². The van der Waals surface area contributed by atoms with Gasteiger partial charge in [-0.1, -0.05) is 0 Å². The van der Waals surface area contributed by atoms with Gasteiger partial charge in [-0.05, 0) is 32.9 Å². The molecule has 2 aromatic rings. The summed E-state index contributed by atoms with van der Waals surface area (Å²) in [4.78, 5) is 13.5. The highest BCUT2D eigenvalue weighted by Crippen LogP contribution is 2.18. The molecule has 7 nitrogen and oxygen atoms in total. The third-order valence-corrected chi connectivity index (χ3v) is 2.96. The molecule has 2 heterocycles. The van der Waals surface area contributed by atoms with Gasteiger partial charge in [-0.3, -0.25) is 4.79 Å². The molecular formula is C13H18F2N6O. The van der Waals surface area contributed by atoms with Gasteiger partial charge < -0.3 is 10.2 Å². The van der Waals surface area contributed by atoms with Crippen molar-refractivity contribution < 1.29 is 13.6 Å². The molecule has 0 spiro atoms. The summed E-state index contributed by atoms with van der Waals surface area (Å²) in [5.74, 6) is -0.258. The van der Waals surface area contributed by atoms with E-state index in [1.165, 1.54) is 0 Å². The second-order valence-corrected chi connectivity index (χ2v) is 5.06. The Morgan fingerprint density at radius 3 is 2.68 bits per heavy atom. The van der Waals surface area contributed by atoms with Crippen molar-refractivity contribution in [3.63, 3.8) is 0 Å². The Labute approximate surface area is 126 Å². The minimum Gasteiger partial charge on any atom is -0.352 e. The number of carbonyl (C=O) groups is 1. The molecule has 0 aliphatic rings. The number of carbonyl (C=O) groups excluding carboxylic acids is 1. The lowest BCUT2D eigenvalue weighted by molar-refractivity contribution is -0.120. The average molecular weight is 312 g/mol. The van der Waals surface area contributed by atoms with Crippen molar-refractivity contribution in [2.24, 2.45) is 0 Å². The third-order valence-electron chi connectivity index (χ3n) is 2.96. The van der Waals surface area contributed by atoms with Crippen molar-refractivity contribution in [1.29, 1.82) is 0 Å². The monoisotopic (exact) mass is 312 g/mol. The van der Waals surface area contributed by atoms with E-state index >= 15 is 0 Å². The van der Waals surface area contributed by atoms with Crippen LogP contribution in [0.25, 0.3) is 5.65 Å². The number of alkyl halides is 2. The fraction of sp³-hybridized carbons (Fsp3) is 0.538. The number of anilines is 1. The molecule has 1 N–H and O–H groups in total. The van der Waals surface area contributed by atoms with Crippen molar-refractivity contribution in [2.45, 2.75) is 33.2 Å². The minimum absolute atomic E-state index is 0.0323. The molecule has 2 aromatic heterocycles. The first-order valence-electron chi connectivity index (χ1n) is 6.97. The van der Waals surface area contributed by atoms with E-state index in [1.807, 2.05) is 20.8 Å². The van der Waals surface area contributed by atoms with Gasteiger partial charge in [-0.15, -0.1) is 15.3 Å². The van der Waals surface area contributed by atoms with Crippen molar-refractivity contribution in [1.82, 2.24) is 25.1 Å². The first-order valence-corrected chi connectivity index (χ1v) is 6.97. The van der Waals surface area contributed by atoms with Crippen LogP contribution < -0.4 is 10.2 Å². The zero-order valence-corrected chi connectivity index (χ0v) is 12.6. The van der Waals surface area contributed by atoms with Gasteiger partial charge in [0.15, 0.2) is 5.65 Å². The molecule has 0 aliphatic heterocycles. The summed E-state index contributed by atoms with van der Waals surface area (Å²) < 4.78 is 26.7. The smallest absolute Gasteiger partial charge is 0.299 e. The highest BCUT2D eigenvalue weighted by atomic mass is 19.3. The highest BCUT2D eigenvalue weighted by molar-refractivity contribution is 5.81. The van der Waals surface area contributed by atoms with Gasteiger partial charge in [0.25, 0.3) is 6.43 Å². The number of nitrogens with one attached hydrogen (secondary N) is 1. The van der Waals surface area contributed by atoms with Crippen LogP contribution in [0.15, 0.2) is 12.1 Å². The lowest BCUT2D eigenvalue weighted by atomic mass is 10.3. The van der Waals surface area contributed by atoms with Crippen LogP contribution in [-0.4, -0.2) is 44.8 Å². The lowest BCUT2D eigenvalue weighted by Crippen LogP contribution is -2.40. The summed E-state index contributed by atoms with van der Waals surface area (Å²) in [7, 11) is 0. The quantitative estimate of drug-likeness (QED) is 0.873. The second-order valence-electron chi connectivity index (χ2n) is 5.06. The predicted octanol–water partition coefficient (Wildman–Crippen LogP) is 1.41. The topological polar surface area (TPSA) is 75.4 Å². The molecule has 1 amide bonds. The van der Waals surface area contributed by atoms with E-state index in [0.29, 0.717) is 12.4 Å². The maximum absolute atomic E-state index is 12.9. The Hall–Kier alpha value is -2.32. The molecule has 0 saturated carbocycles. The van der Waals surface area contributed by atoms with Crippen LogP contribution in [0.2, 0.25) is 0 Å². The number of rotatable bonds is 6. The number of hydrogen-bond acceptors (Lipinski definition) is 5. The summed E-state index contributed by atoms with van der Waals surface area (Å²) >= 11 is 0. The zero-order chi connectivity index (χ0) is 16.3. The van der Waals surface area contributed by atoms with Gasteiger partial charge in [-0.25, -0.2) is 8.78 Å². The molecular weight excluding hydrogens is 294 g/mol. The molecule has 0 unspecified atom stereocenters. The standard InChI is InChI=1S/C13H18F2N6O/c1-4-20(7-11(22)16-8(2)3)10-6-5-9-17-18-13(12(14)15)21(9)19-10/h5-6,8,12H,4,7H2,1-3H3,(H,16,22). The van der Waals surface area contributed by atoms with Crippen LogP contribution in [0.3, 0.4) is 0 Å². The molecule has 0 aliphatic carbocycles. The van der Waals surface area contributed by atoms with E-state index in [-0.39, 0.29) is 24.1 Å². The number of hydrogen-bond donors (Lipinski definition) is 1. The predicted molar refractivity (Wildman–Crippen MR) is 76.9 cm³/mol. The molecule has 120 valence electrons. The lowest BCUT2D eigenvalue weighted by Gasteiger charge is -2.21. The number of halogens is 2. The molecule has 0 bridgehead atoms. The van der Waals surface area contributed by atoms with E-state index in [2.05, 4.69) is 20.6 Å². The summed E-state index contributed by atoms with van der Waals surface area (Å²) in [6.07, 6.45) is -2.77. The minimum atomic E-state index is -2.77. The van der Waals surface area contributed by atoms with Gasteiger partial charge in [-0.2, -0.15) is 4.52 Å². The normalized spacial score (nSPS) is 11.4. The number of likely N-dealkylation sites (N-methyl/N-ethyl adjacent to an activating group) is 1. The van der Waals surface area contributed by atoms with Gasteiger partial charge in [0.2, 0.25) is 11.7 Å². The van der Waals surface area contributed by atoms with E-state index in [1.54, 1.807) is 17.0 Å². The molecule has 2 rings (SSSR count). The molecule has 22 heavy (non-hydrogen) atoms.